The zero-order valence-electron chi connectivity index (χ0n) is 6.96. The molecule has 0 rings (SSSR count). The molecule has 0 aromatic rings. The molecule has 0 radical (unpaired) electrons. The van der Waals surface area contributed by atoms with Crippen LogP contribution in [0.5, 0.6) is 0 Å². The van der Waals surface area contributed by atoms with Crippen molar-refractivity contribution >= 4 is 6.72 Å². The van der Waals surface area contributed by atoms with E-state index in [0.717, 1.165) is 0 Å². The van der Waals surface area contributed by atoms with Crippen LogP contribution in [0.25, 0.3) is 0 Å². The normalized spacial score (nSPS) is 15.7. The first-order chi connectivity index (χ1) is 4.70. The van der Waals surface area contributed by atoms with Crippen molar-refractivity contribution in [2.75, 3.05) is 0 Å². The molecule has 0 aliphatic carbocycles. The summed E-state index contributed by atoms with van der Waals surface area (Å²) in [5.74, 6) is 0. The van der Waals surface area contributed by atoms with E-state index in [0.29, 0.717) is 0 Å². The molecular weight excluding hydrogens is 122 g/mol. The maximum absolute atomic E-state index is 3.85. The maximum Gasteiger partial charge on any atom is 0.0650 e. The number of aliphatic imine (C=N–C) groups is 1. The van der Waals surface area contributed by atoms with E-state index in [2.05, 4.69) is 30.8 Å². The van der Waals surface area contributed by atoms with Gasteiger partial charge in [-0.05, 0) is 27.5 Å². The van der Waals surface area contributed by atoms with Gasteiger partial charge < -0.3 is 0 Å². The Morgan fingerprint density at radius 3 is 2.60 bits per heavy atom. The molecule has 0 bridgehead atoms. The van der Waals surface area contributed by atoms with Gasteiger partial charge in [0.15, 0.2) is 0 Å². The van der Waals surface area contributed by atoms with Crippen LogP contribution >= 0.6 is 0 Å². The average molecular weight is 137 g/mol. The Bertz CT molecular complexity index is 154. The summed E-state index contributed by atoms with van der Waals surface area (Å²) >= 11 is 0. The molecule has 0 aromatic heterocycles. The minimum absolute atomic E-state index is 0.233. The SMILES string of the molecule is C=NC(C)C=C(C)/C=C\C. The number of hydrogen-bond donors (Lipinski definition) is 0. The van der Waals surface area contributed by atoms with Crippen molar-refractivity contribution in [3.05, 3.63) is 23.8 Å². The van der Waals surface area contributed by atoms with Gasteiger partial charge >= 0.3 is 0 Å². The van der Waals surface area contributed by atoms with Crippen molar-refractivity contribution < 1.29 is 0 Å². The Morgan fingerprint density at radius 1 is 1.60 bits per heavy atom. The van der Waals surface area contributed by atoms with Gasteiger partial charge in [0.05, 0.1) is 6.04 Å². The molecule has 0 aromatic carbocycles. The summed E-state index contributed by atoms with van der Waals surface area (Å²) in [4.78, 5) is 3.85. The summed E-state index contributed by atoms with van der Waals surface area (Å²) in [5, 5.41) is 0. The molecule has 0 amide bonds. The lowest BCUT2D eigenvalue weighted by atomic mass is 10.2. The highest BCUT2D eigenvalue weighted by Crippen LogP contribution is 1.99. The van der Waals surface area contributed by atoms with Crippen LogP contribution in [0.15, 0.2) is 28.8 Å². The topological polar surface area (TPSA) is 12.4 Å². The second-order valence-electron chi connectivity index (χ2n) is 2.33. The molecule has 0 fully saturated rings. The van der Waals surface area contributed by atoms with E-state index < -0.39 is 0 Å². The molecule has 56 valence electrons. The molecular formula is C9H15N. The summed E-state index contributed by atoms with van der Waals surface area (Å²) in [6.07, 6.45) is 6.15. The monoisotopic (exact) mass is 137 g/mol. The van der Waals surface area contributed by atoms with Crippen molar-refractivity contribution in [1.82, 2.24) is 0 Å². The van der Waals surface area contributed by atoms with Gasteiger partial charge in [0.1, 0.15) is 0 Å². The van der Waals surface area contributed by atoms with Gasteiger partial charge in [0.25, 0.3) is 0 Å². The van der Waals surface area contributed by atoms with E-state index >= 15 is 0 Å². The van der Waals surface area contributed by atoms with Crippen molar-refractivity contribution in [2.24, 2.45) is 4.99 Å². The van der Waals surface area contributed by atoms with Crippen LogP contribution in [0.1, 0.15) is 20.8 Å². The first-order valence-corrected chi connectivity index (χ1v) is 3.47. The highest BCUT2D eigenvalue weighted by atomic mass is 14.7. The standard InChI is InChI=1S/C9H15N/c1-5-6-8(2)7-9(3)10-4/h5-7,9H,4H2,1-3H3/b6-5-,8-7?. The van der Waals surface area contributed by atoms with Crippen LogP contribution in [-0.4, -0.2) is 12.8 Å². The summed E-state index contributed by atoms with van der Waals surface area (Å²) in [5.41, 5.74) is 1.24. The lowest BCUT2D eigenvalue weighted by Gasteiger charge is -1.97. The fraction of sp³-hybridized carbons (Fsp3) is 0.444. The molecule has 0 saturated carbocycles. The predicted octanol–water partition coefficient (Wildman–Crippen LogP) is 2.60. The molecule has 0 spiro atoms. The van der Waals surface area contributed by atoms with Gasteiger partial charge in [0, 0.05) is 0 Å². The van der Waals surface area contributed by atoms with Gasteiger partial charge in [-0.3, -0.25) is 4.99 Å². The second-order valence-corrected chi connectivity index (χ2v) is 2.33. The van der Waals surface area contributed by atoms with E-state index in [1.165, 1.54) is 5.57 Å². The molecule has 0 aliphatic rings. The minimum Gasteiger partial charge on any atom is -0.294 e. The summed E-state index contributed by atoms with van der Waals surface area (Å²) in [6.45, 7) is 9.53. The number of hydrogen-bond acceptors (Lipinski definition) is 1. The summed E-state index contributed by atoms with van der Waals surface area (Å²) < 4.78 is 0. The fourth-order valence-corrected chi connectivity index (χ4v) is 0.752. The van der Waals surface area contributed by atoms with Crippen LogP contribution in [0.4, 0.5) is 0 Å². The van der Waals surface area contributed by atoms with Crippen molar-refractivity contribution in [1.29, 1.82) is 0 Å². The maximum atomic E-state index is 3.85. The Morgan fingerprint density at radius 2 is 2.20 bits per heavy atom. The molecule has 0 N–H and O–H groups in total. The Kier molecular flexibility index (Phi) is 4.55. The largest absolute Gasteiger partial charge is 0.294 e. The van der Waals surface area contributed by atoms with E-state index in [9.17, 15) is 0 Å². The molecule has 1 heteroatoms. The van der Waals surface area contributed by atoms with Crippen LogP contribution in [0, 0.1) is 0 Å². The van der Waals surface area contributed by atoms with Gasteiger partial charge in [0.2, 0.25) is 0 Å². The quantitative estimate of drug-likeness (QED) is 0.419. The minimum atomic E-state index is 0.233. The third-order valence-electron chi connectivity index (χ3n) is 1.22. The van der Waals surface area contributed by atoms with E-state index in [1.807, 2.05) is 19.9 Å². The second kappa shape index (κ2) is 4.98. The van der Waals surface area contributed by atoms with Crippen molar-refractivity contribution in [3.8, 4) is 0 Å². The van der Waals surface area contributed by atoms with Crippen molar-refractivity contribution in [2.45, 2.75) is 26.8 Å². The lowest BCUT2D eigenvalue weighted by Crippen LogP contribution is -1.90. The van der Waals surface area contributed by atoms with Crippen LogP contribution in [-0.2, 0) is 0 Å². The molecule has 0 saturated heterocycles. The molecule has 10 heavy (non-hydrogen) atoms. The third-order valence-corrected chi connectivity index (χ3v) is 1.22. The third kappa shape index (κ3) is 4.07. The number of allylic oxidation sites excluding steroid dienone is 3. The first kappa shape index (κ1) is 9.15. The zero-order valence-corrected chi connectivity index (χ0v) is 6.96. The fourth-order valence-electron chi connectivity index (χ4n) is 0.752. The van der Waals surface area contributed by atoms with Crippen LogP contribution < -0.4 is 0 Å². The van der Waals surface area contributed by atoms with Gasteiger partial charge in [-0.2, -0.15) is 0 Å². The van der Waals surface area contributed by atoms with Crippen LogP contribution in [0.2, 0.25) is 0 Å². The lowest BCUT2D eigenvalue weighted by molar-refractivity contribution is 0.929. The summed E-state index contributed by atoms with van der Waals surface area (Å²) in [7, 11) is 0. The van der Waals surface area contributed by atoms with Gasteiger partial charge in [-0.25, -0.2) is 0 Å². The van der Waals surface area contributed by atoms with Gasteiger partial charge in [-0.15, -0.1) is 0 Å². The van der Waals surface area contributed by atoms with E-state index in [4.69, 9.17) is 0 Å². The summed E-state index contributed by atoms with van der Waals surface area (Å²) in [6, 6.07) is 0.233. The number of nitrogens with zero attached hydrogens (tertiary/aromatic N) is 1. The molecule has 1 atom stereocenters. The Labute approximate surface area is 63.2 Å². The van der Waals surface area contributed by atoms with Gasteiger partial charge in [-0.1, -0.05) is 23.8 Å². The highest BCUT2D eigenvalue weighted by molar-refractivity contribution is 5.26. The zero-order chi connectivity index (χ0) is 7.98. The first-order valence-electron chi connectivity index (χ1n) is 3.47. The molecule has 1 nitrogen and oxygen atoms in total. The smallest absolute Gasteiger partial charge is 0.0650 e. The van der Waals surface area contributed by atoms with E-state index in [-0.39, 0.29) is 6.04 Å². The molecule has 1 unspecified atom stereocenters. The van der Waals surface area contributed by atoms with E-state index in [1.54, 1.807) is 0 Å². The Balaban J connectivity index is 4.01. The van der Waals surface area contributed by atoms with Crippen LogP contribution in [0.3, 0.4) is 0 Å². The number of rotatable bonds is 3. The molecule has 0 aliphatic heterocycles. The Hall–Kier alpha value is -0.850. The molecule has 0 heterocycles. The average Bonchev–Trinajstić information content (AvgIpc) is 1.88. The van der Waals surface area contributed by atoms with Crippen molar-refractivity contribution in [3.63, 3.8) is 0 Å². The highest BCUT2D eigenvalue weighted by Gasteiger charge is 1.88. The predicted molar refractivity (Wildman–Crippen MR) is 47.6 cm³/mol.